The van der Waals surface area contributed by atoms with E-state index in [2.05, 4.69) is 79.5 Å². The fraction of sp³-hybridized carbons (Fsp3) is 0.0800. The van der Waals surface area contributed by atoms with E-state index < -0.39 is 0 Å². The van der Waals surface area contributed by atoms with Crippen molar-refractivity contribution in [3.8, 4) is 45.0 Å². The minimum atomic E-state index is 0.870. The van der Waals surface area contributed by atoms with Gasteiger partial charge in [0.2, 0.25) is 0 Å². The van der Waals surface area contributed by atoms with Crippen molar-refractivity contribution in [2.75, 3.05) is 0 Å². The maximum Gasteiger partial charge on any atom is 0.135 e. The molecule has 0 unspecified atom stereocenters. The molecule has 0 atom stereocenters. The largest absolute Gasteiger partial charge is 0.456 e. The van der Waals surface area contributed by atoms with Crippen LogP contribution in [0.3, 0.4) is 0 Å². The predicted octanol–water partition coefficient (Wildman–Crippen LogP) is 6.81. The molecule has 27 heavy (non-hydrogen) atoms. The number of nitrogens with zero attached hydrogens (tertiary/aromatic N) is 1. The van der Waals surface area contributed by atoms with Crippen LogP contribution in [-0.4, -0.2) is 4.98 Å². The van der Waals surface area contributed by atoms with E-state index in [0.717, 1.165) is 33.9 Å². The Morgan fingerprint density at radius 1 is 0.667 bits per heavy atom. The fourth-order valence-corrected chi connectivity index (χ4v) is 3.89. The van der Waals surface area contributed by atoms with Crippen LogP contribution in [0.25, 0.3) is 33.5 Å². The standard InChI is InChI=1S/C25H19NO/c1-16-7-5-11-22-24(16)21-10-4-3-9-19(21)20-13-12-18(15-23(20)27-22)25-17(2)8-6-14-26-25/h3-15H,1-2H3. The van der Waals surface area contributed by atoms with Crippen LogP contribution in [0.2, 0.25) is 0 Å². The van der Waals surface area contributed by atoms with Gasteiger partial charge in [0.15, 0.2) is 0 Å². The van der Waals surface area contributed by atoms with Crippen molar-refractivity contribution in [3.05, 3.63) is 90.1 Å². The number of rotatable bonds is 1. The topological polar surface area (TPSA) is 22.1 Å². The maximum absolute atomic E-state index is 6.44. The number of pyridine rings is 1. The highest BCUT2D eigenvalue weighted by Gasteiger charge is 2.22. The SMILES string of the molecule is Cc1cccnc1-c1ccc2c(c1)Oc1cccc(C)c1-c1ccccc1-2. The summed E-state index contributed by atoms with van der Waals surface area (Å²) in [4.78, 5) is 4.57. The van der Waals surface area contributed by atoms with E-state index in [1.165, 1.54) is 22.3 Å². The molecule has 3 aromatic carbocycles. The molecule has 0 radical (unpaired) electrons. The molecule has 0 amide bonds. The maximum atomic E-state index is 6.44. The minimum absolute atomic E-state index is 0.870. The molecule has 0 N–H and O–H groups in total. The average molecular weight is 349 g/mol. The first-order valence-electron chi connectivity index (χ1n) is 9.15. The van der Waals surface area contributed by atoms with Crippen LogP contribution >= 0.6 is 0 Å². The van der Waals surface area contributed by atoms with Crippen LogP contribution in [0, 0.1) is 13.8 Å². The normalized spacial score (nSPS) is 11.6. The minimum Gasteiger partial charge on any atom is -0.456 e. The molecule has 0 aliphatic carbocycles. The summed E-state index contributed by atoms with van der Waals surface area (Å²) in [7, 11) is 0. The Balaban J connectivity index is 1.78. The second-order valence-corrected chi connectivity index (χ2v) is 6.98. The molecule has 2 nitrogen and oxygen atoms in total. The molecule has 0 saturated heterocycles. The molecule has 2 heterocycles. The van der Waals surface area contributed by atoms with Crippen molar-refractivity contribution in [3.63, 3.8) is 0 Å². The lowest BCUT2D eigenvalue weighted by Gasteiger charge is -2.12. The summed E-state index contributed by atoms with van der Waals surface area (Å²) in [5, 5.41) is 0. The van der Waals surface area contributed by atoms with Crippen molar-refractivity contribution in [1.82, 2.24) is 4.98 Å². The van der Waals surface area contributed by atoms with E-state index in [-0.39, 0.29) is 0 Å². The van der Waals surface area contributed by atoms with E-state index in [0.29, 0.717) is 0 Å². The van der Waals surface area contributed by atoms with Crippen molar-refractivity contribution in [2.45, 2.75) is 13.8 Å². The quantitative estimate of drug-likeness (QED) is 0.332. The van der Waals surface area contributed by atoms with Gasteiger partial charge in [0.05, 0.1) is 5.69 Å². The van der Waals surface area contributed by atoms with E-state index in [1.807, 2.05) is 18.3 Å². The number of hydrogen-bond acceptors (Lipinski definition) is 2. The molecule has 0 bridgehead atoms. The fourth-order valence-electron chi connectivity index (χ4n) is 3.89. The third-order valence-electron chi connectivity index (χ3n) is 5.21. The first-order chi connectivity index (χ1) is 13.2. The lowest BCUT2D eigenvalue weighted by Crippen LogP contribution is -1.91. The van der Waals surface area contributed by atoms with Gasteiger partial charge in [-0.3, -0.25) is 4.98 Å². The van der Waals surface area contributed by atoms with Gasteiger partial charge in [0.1, 0.15) is 11.5 Å². The highest BCUT2D eigenvalue weighted by Crippen LogP contribution is 2.48. The molecule has 5 rings (SSSR count). The van der Waals surface area contributed by atoms with E-state index in [4.69, 9.17) is 4.74 Å². The van der Waals surface area contributed by atoms with Crippen molar-refractivity contribution < 1.29 is 4.74 Å². The summed E-state index contributed by atoms with van der Waals surface area (Å²) >= 11 is 0. The van der Waals surface area contributed by atoms with Gasteiger partial charge in [-0.15, -0.1) is 0 Å². The number of aromatic nitrogens is 1. The summed E-state index contributed by atoms with van der Waals surface area (Å²) in [5.74, 6) is 1.77. The lowest BCUT2D eigenvalue weighted by atomic mass is 9.91. The summed E-state index contributed by atoms with van der Waals surface area (Å²) in [5.41, 5.74) is 9.12. The van der Waals surface area contributed by atoms with Crippen LogP contribution < -0.4 is 4.74 Å². The van der Waals surface area contributed by atoms with Crippen LogP contribution in [-0.2, 0) is 0 Å². The first kappa shape index (κ1) is 15.8. The van der Waals surface area contributed by atoms with Gasteiger partial charge in [0, 0.05) is 22.9 Å². The van der Waals surface area contributed by atoms with Crippen LogP contribution in [0.15, 0.2) is 79.0 Å². The van der Waals surface area contributed by atoms with Crippen molar-refractivity contribution in [1.29, 1.82) is 0 Å². The number of benzene rings is 3. The van der Waals surface area contributed by atoms with Crippen molar-refractivity contribution in [2.24, 2.45) is 0 Å². The third kappa shape index (κ3) is 2.53. The molecule has 1 aliphatic heterocycles. The van der Waals surface area contributed by atoms with Crippen LogP contribution in [0.4, 0.5) is 0 Å². The Bertz CT molecular complexity index is 1180. The predicted molar refractivity (Wildman–Crippen MR) is 110 cm³/mol. The summed E-state index contributed by atoms with van der Waals surface area (Å²) in [6.07, 6.45) is 1.84. The Morgan fingerprint density at radius 2 is 1.48 bits per heavy atom. The number of aryl methyl sites for hydroxylation is 2. The average Bonchev–Trinajstić information content (AvgIpc) is 2.83. The van der Waals surface area contributed by atoms with Crippen molar-refractivity contribution >= 4 is 0 Å². The number of ether oxygens (including phenoxy) is 1. The summed E-state index contributed by atoms with van der Waals surface area (Å²) in [6, 6.07) is 25.2. The van der Waals surface area contributed by atoms with Gasteiger partial charge in [-0.2, -0.15) is 0 Å². The Morgan fingerprint density at radius 3 is 2.33 bits per heavy atom. The van der Waals surface area contributed by atoms with E-state index >= 15 is 0 Å². The second kappa shape index (κ2) is 6.10. The van der Waals surface area contributed by atoms with Gasteiger partial charge < -0.3 is 4.74 Å². The van der Waals surface area contributed by atoms with Gasteiger partial charge in [0.25, 0.3) is 0 Å². The molecular formula is C25H19NO. The zero-order chi connectivity index (χ0) is 18.4. The highest BCUT2D eigenvalue weighted by atomic mass is 16.5. The van der Waals surface area contributed by atoms with Gasteiger partial charge in [-0.25, -0.2) is 0 Å². The monoisotopic (exact) mass is 349 g/mol. The van der Waals surface area contributed by atoms with Gasteiger partial charge in [-0.05, 0) is 60.4 Å². The first-order valence-corrected chi connectivity index (χ1v) is 9.15. The summed E-state index contributed by atoms with van der Waals surface area (Å²) < 4.78 is 6.44. The Labute approximate surface area is 159 Å². The molecule has 0 spiro atoms. The number of fused-ring (bicyclic) bond motifs is 5. The van der Waals surface area contributed by atoms with Gasteiger partial charge in [-0.1, -0.05) is 48.5 Å². The molecule has 2 heteroatoms. The van der Waals surface area contributed by atoms with Gasteiger partial charge >= 0.3 is 0 Å². The molecular weight excluding hydrogens is 330 g/mol. The molecule has 130 valence electrons. The van der Waals surface area contributed by atoms with E-state index in [9.17, 15) is 0 Å². The highest BCUT2D eigenvalue weighted by molar-refractivity contribution is 5.92. The lowest BCUT2D eigenvalue weighted by molar-refractivity contribution is 0.487. The van der Waals surface area contributed by atoms with Crippen LogP contribution in [0.1, 0.15) is 11.1 Å². The molecule has 1 aliphatic rings. The summed E-state index contributed by atoms with van der Waals surface area (Å²) in [6.45, 7) is 4.22. The number of hydrogen-bond donors (Lipinski definition) is 0. The Kier molecular flexibility index (Phi) is 3.58. The zero-order valence-electron chi connectivity index (χ0n) is 15.4. The third-order valence-corrected chi connectivity index (χ3v) is 5.21. The second-order valence-electron chi connectivity index (χ2n) is 6.98. The Hall–Kier alpha value is -3.39. The molecule has 4 aromatic rings. The molecule has 0 fully saturated rings. The zero-order valence-corrected chi connectivity index (χ0v) is 15.4. The molecule has 0 saturated carbocycles. The smallest absolute Gasteiger partial charge is 0.135 e. The molecule has 1 aromatic heterocycles. The van der Waals surface area contributed by atoms with E-state index in [1.54, 1.807) is 0 Å². The van der Waals surface area contributed by atoms with Crippen LogP contribution in [0.5, 0.6) is 11.5 Å².